The number of halogens is 2. The molecule has 1 unspecified atom stereocenters. The Balaban J connectivity index is 1.87. The van der Waals surface area contributed by atoms with Crippen molar-refractivity contribution in [1.29, 1.82) is 0 Å². The summed E-state index contributed by atoms with van der Waals surface area (Å²) in [5.41, 5.74) is 0.0711. The van der Waals surface area contributed by atoms with E-state index in [1.54, 1.807) is 0 Å². The van der Waals surface area contributed by atoms with Gasteiger partial charge in [0, 0.05) is 18.1 Å². The number of carbonyl (C=O) groups excluding carboxylic acids is 2. The van der Waals surface area contributed by atoms with Gasteiger partial charge in [-0.3, -0.25) is 14.5 Å². The Labute approximate surface area is 146 Å². The Morgan fingerprint density at radius 3 is 2.96 bits per heavy atom. The number of hydrogen-bond donors (Lipinski definition) is 2. The number of anilines is 1. The Morgan fingerprint density at radius 1 is 1.42 bits per heavy atom. The van der Waals surface area contributed by atoms with Crippen molar-refractivity contribution in [3.8, 4) is 0 Å². The minimum absolute atomic E-state index is 0.0443. The number of rotatable bonds is 6. The van der Waals surface area contributed by atoms with E-state index in [1.165, 1.54) is 18.2 Å². The molecular weight excluding hydrogens is 333 g/mol. The van der Waals surface area contributed by atoms with Gasteiger partial charge in [0.15, 0.2) is 0 Å². The van der Waals surface area contributed by atoms with Gasteiger partial charge in [-0.2, -0.15) is 0 Å². The van der Waals surface area contributed by atoms with Crippen LogP contribution in [0.1, 0.15) is 26.2 Å². The largest absolute Gasteiger partial charge is 0.356 e. The molecule has 1 aromatic rings. The van der Waals surface area contributed by atoms with Crippen molar-refractivity contribution in [1.82, 2.24) is 10.2 Å². The topological polar surface area (TPSA) is 61.4 Å². The van der Waals surface area contributed by atoms with Crippen LogP contribution in [0, 0.1) is 11.7 Å². The molecular formula is C17H23ClFN3O2. The molecule has 1 saturated heterocycles. The normalized spacial score (nSPS) is 18.2. The van der Waals surface area contributed by atoms with Crippen molar-refractivity contribution in [2.75, 3.05) is 31.5 Å². The lowest BCUT2D eigenvalue weighted by atomic mass is 9.97. The molecule has 0 spiro atoms. The highest BCUT2D eigenvalue weighted by Gasteiger charge is 2.26. The van der Waals surface area contributed by atoms with E-state index >= 15 is 0 Å². The van der Waals surface area contributed by atoms with Gasteiger partial charge in [-0.25, -0.2) is 4.39 Å². The molecule has 1 atom stereocenters. The molecule has 0 radical (unpaired) electrons. The van der Waals surface area contributed by atoms with E-state index < -0.39 is 5.82 Å². The van der Waals surface area contributed by atoms with E-state index in [-0.39, 0.29) is 30.0 Å². The van der Waals surface area contributed by atoms with Gasteiger partial charge in [0.1, 0.15) is 5.82 Å². The molecule has 0 bridgehead atoms. The first-order chi connectivity index (χ1) is 11.5. The summed E-state index contributed by atoms with van der Waals surface area (Å²) in [5.74, 6) is -0.891. The quantitative estimate of drug-likeness (QED) is 0.824. The maximum atomic E-state index is 13.7. The lowest BCUT2D eigenvalue weighted by molar-refractivity contribution is -0.127. The second kappa shape index (κ2) is 8.99. The van der Waals surface area contributed by atoms with Gasteiger partial charge in [0.25, 0.3) is 0 Å². The van der Waals surface area contributed by atoms with Crippen LogP contribution in [-0.2, 0) is 9.59 Å². The van der Waals surface area contributed by atoms with Crippen molar-refractivity contribution < 1.29 is 14.0 Å². The number of likely N-dealkylation sites (tertiary alicyclic amines) is 1. The molecule has 1 heterocycles. The number of hydrogen-bond acceptors (Lipinski definition) is 3. The van der Waals surface area contributed by atoms with E-state index in [9.17, 15) is 14.0 Å². The van der Waals surface area contributed by atoms with Crippen molar-refractivity contribution in [2.45, 2.75) is 26.2 Å². The van der Waals surface area contributed by atoms with E-state index in [0.29, 0.717) is 18.1 Å². The number of amides is 2. The molecule has 1 aromatic carbocycles. The molecule has 7 heteroatoms. The van der Waals surface area contributed by atoms with Crippen LogP contribution in [0.4, 0.5) is 10.1 Å². The smallest absolute Gasteiger partial charge is 0.238 e. The van der Waals surface area contributed by atoms with Gasteiger partial charge in [-0.1, -0.05) is 18.5 Å². The van der Waals surface area contributed by atoms with Crippen molar-refractivity contribution in [3.05, 3.63) is 29.0 Å². The molecule has 24 heavy (non-hydrogen) atoms. The van der Waals surface area contributed by atoms with E-state index in [1.807, 2.05) is 11.8 Å². The molecule has 0 aliphatic carbocycles. The van der Waals surface area contributed by atoms with Crippen molar-refractivity contribution in [2.24, 2.45) is 5.92 Å². The summed E-state index contributed by atoms with van der Waals surface area (Å²) < 4.78 is 13.7. The fourth-order valence-electron chi connectivity index (χ4n) is 2.79. The highest BCUT2D eigenvalue weighted by molar-refractivity contribution is 6.30. The monoisotopic (exact) mass is 355 g/mol. The zero-order valence-electron chi connectivity index (χ0n) is 13.8. The summed E-state index contributed by atoms with van der Waals surface area (Å²) in [6, 6.07) is 4.02. The van der Waals surface area contributed by atoms with Crippen LogP contribution in [-0.4, -0.2) is 42.9 Å². The lowest BCUT2D eigenvalue weighted by Gasteiger charge is -2.31. The lowest BCUT2D eigenvalue weighted by Crippen LogP contribution is -2.45. The maximum Gasteiger partial charge on any atom is 0.238 e. The molecule has 2 rings (SSSR count). The molecule has 132 valence electrons. The van der Waals surface area contributed by atoms with Crippen molar-refractivity contribution in [3.63, 3.8) is 0 Å². The standard InChI is InChI=1S/C17H23ClFN3O2/c1-2-7-20-17(24)12-4-3-8-22(10-12)11-16(23)21-15-9-13(18)5-6-14(15)19/h5-6,9,12H,2-4,7-8,10-11H2,1H3,(H,20,24)(H,21,23). The minimum Gasteiger partial charge on any atom is -0.356 e. The summed E-state index contributed by atoms with van der Waals surface area (Å²) >= 11 is 5.81. The molecule has 0 saturated carbocycles. The van der Waals surface area contributed by atoms with Gasteiger partial charge >= 0.3 is 0 Å². The van der Waals surface area contributed by atoms with Gasteiger partial charge in [0.2, 0.25) is 11.8 Å². The van der Waals surface area contributed by atoms with E-state index in [2.05, 4.69) is 10.6 Å². The molecule has 1 aliphatic rings. The molecule has 1 fully saturated rings. The van der Waals surface area contributed by atoms with Gasteiger partial charge in [-0.15, -0.1) is 0 Å². The third-order valence-electron chi connectivity index (χ3n) is 4.00. The average molecular weight is 356 g/mol. The Bertz CT molecular complexity index is 597. The third kappa shape index (κ3) is 5.46. The highest BCUT2D eigenvalue weighted by atomic mass is 35.5. The van der Waals surface area contributed by atoms with Crippen molar-refractivity contribution >= 4 is 29.1 Å². The molecule has 5 nitrogen and oxygen atoms in total. The Kier molecular flexibility index (Phi) is 6.99. The number of carbonyl (C=O) groups is 2. The van der Waals surface area contributed by atoms with Crippen LogP contribution in [0.15, 0.2) is 18.2 Å². The van der Waals surface area contributed by atoms with Crippen LogP contribution in [0.2, 0.25) is 5.02 Å². The predicted molar refractivity (Wildman–Crippen MR) is 92.5 cm³/mol. The van der Waals surface area contributed by atoms with Gasteiger partial charge in [0.05, 0.1) is 18.2 Å². The highest BCUT2D eigenvalue weighted by Crippen LogP contribution is 2.20. The van der Waals surface area contributed by atoms with Crippen LogP contribution >= 0.6 is 11.6 Å². The minimum atomic E-state index is -0.525. The Hall–Kier alpha value is -1.66. The fraction of sp³-hybridized carbons (Fsp3) is 0.529. The number of benzene rings is 1. The van der Waals surface area contributed by atoms with Gasteiger partial charge in [-0.05, 0) is 44.0 Å². The molecule has 1 aliphatic heterocycles. The summed E-state index contributed by atoms with van der Waals surface area (Å²) in [7, 11) is 0. The second-order valence-corrected chi connectivity index (χ2v) is 6.47. The van der Waals surface area contributed by atoms with Gasteiger partial charge < -0.3 is 10.6 Å². The number of piperidine rings is 1. The average Bonchev–Trinajstić information content (AvgIpc) is 2.56. The maximum absolute atomic E-state index is 13.7. The summed E-state index contributed by atoms with van der Waals surface area (Å²) in [6.07, 6.45) is 2.59. The SMILES string of the molecule is CCCNC(=O)C1CCCN(CC(=O)Nc2cc(Cl)ccc2F)C1. The molecule has 0 aromatic heterocycles. The van der Waals surface area contributed by atoms with Crippen LogP contribution in [0.25, 0.3) is 0 Å². The van der Waals surface area contributed by atoms with E-state index in [0.717, 1.165) is 25.8 Å². The summed E-state index contributed by atoms with van der Waals surface area (Å²) in [6.45, 7) is 4.10. The first-order valence-electron chi connectivity index (χ1n) is 8.24. The van der Waals surface area contributed by atoms with Crippen LogP contribution in [0.3, 0.4) is 0 Å². The predicted octanol–water partition coefficient (Wildman–Crippen LogP) is 2.66. The fourth-order valence-corrected chi connectivity index (χ4v) is 2.96. The van der Waals surface area contributed by atoms with Crippen LogP contribution in [0.5, 0.6) is 0 Å². The van der Waals surface area contributed by atoms with Crippen LogP contribution < -0.4 is 10.6 Å². The number of nitrogens with zero attached hydrogens (tertiary/aromatic N) is 1. The Morgan fingerprint density at radius 2 is 2.21 bits per heavy atom. The first-order valence-corrected chi connectivity index (χ1v) is 8.62. The first kappa shape index (κ1) is 18.7. The van der Waals surface area contributed by atoms with E-state index in [4.69, 9.17) is 11.6 Å². The third-order valence-corrected chi connectivity index (χ3v) is 4.23. The molecule has 2 amide bonds. The zero-order valence-corrected chi connectivity index (χ0v) is 14.5. The zero-order chi connectivity index (χ0) is 17.5. The second-order valence-electron chi connectivity index (χ2n) is 6.04. The number of nitrogens with one attached hydrogen (secondary N) is 2. The summed E-state index contributed by atoms with van der Waals surface area (Å²) in [5, 5.41) is 5.79. The summed E-state index contributed by atoms with van der Waals surface area (Å²) in [4.78, 5) is 26.1. The molecule has 2 N–H and O–H groups in total.